The van der Waals surface area contributed by atoms with Gasteiger partial charge >= 0.3 is 0 Å². The first-order valence-electron chi connectivity index (χ1n) is 15.7. The number of phenols is 6. The number of carbonyl (C=O) groups is 2. The van der Waals surface area contributed by atoms with Gasteiger partial charge in [0.15, 0.2) is 35.6 Å². The Morgan fingerprint density at radius 3 is 1.29 bits per heavy atom. The molecule has 11 nitrogen and oxygen atoms in total. The van der Waals surface area contributed by atoms with E-state index >= 15 is 0 Å². The van der Waals surface area contributed by atoms with E-state index in [1.807, 2.05) is 6.92 Å². The number of aldehydes is 2. The summed E-state index contributed by atoms with van der Waals surface area (Å²) >= 11 is 0. The molecule has 0 fully saturated rings. The molecule has 0 saturated carbocycles. The molecule has 0 aliphatic carbocycles. The standard InChI is InChI=1S/C30H30O8.C6H14O3S/c1-11(2)19-15-7-13(5)21(27(35)23(15)17(9-31)25(33)29(19)37)22-14(6)8-16-20(12(3)4)30(38)26(34)18(10-32)24(16)28(22)36;1-2-3-4-5-6-10(7,8)9/h7-12,33-38H,1-6H3;2-6H2,1H3,(H,7,8,9). The van der Waals surface area contributed by atoms with E-state index < -0.39 is 44.6 Å². The number of carbonyl (C=O) groups excluding carboxylic acids is 2. The van der Waals surface area contributed by atoms with Gasteiger partial charge in [-0.2, -0.15) is 8.42 Å². The minimum Gasteiger partial charge on any atom is -0.507 e. The summed E-state index contributed by atoms with van der Waals surface area (Å²) < 4.78 is 28.6. The van der Waals surface area contributed by atoms with Crippen molar-refractivity contribution >= 4 is 44.2 Å². The monoisotopic (exact) mass is 684 g/mol. The van der Waals surface area contributed by atoms with Gasteiger partial charge in [0.05, 0.1) is 16.9 Å². The molecule has 0 spiro atoms. The molecule has 4 aromatic rings. The van der Waals surface area contributed by atoms with Crippen molar-refractivity contribution in [3.8, 4) is 45.6 Å². The van der Waals surface area contributed by atoms with Crippen molar-refractivity contribution in [1.82, 2.24) is 0 Å². The fourth-order valence-corrected chi connectivity index (χ4v) is 6.88. The average Bonchev–Trinajstić information content (AvgIpc) is 2.98. The second-order valence-corrected chi connectivity index (χ2v) is 14.2. The van der Waals surface area contributed by atoms with Crippen molar-refractivity contribution in [3.05, 3.63) is 45.5 Å². The lowest BCUT2D eigenvalue weighted by molar-refractivity contribution is 0.111. The Hall–Kier alpha value is -4.55. The molecule has 12 heteroatoms. The van der Waals surface area contributed by atoms with Crippen LogP contribution in [0.5, 0.6) is 34.5 Å². The van der Waals surface area contributed by atoms with Gasteiger partial charge in [-0.3, -0.25) is 14.1 Å². The number of aryl methyl sites for hydroxylation is 2. The summed E-state index contributed by atoms with van der Waals surface area (Å²) in [6.45, 7) is 12.6. The summed E-state index contributed by atoms with van der Waals surface area (Å²) in [5.74, 6) is -3.66. The largest absolute Gasteiger partial charge is 0.507 e. The lowest BCUT2D eigenvalue weighted by Crippen LogP contribution is -2.03. The molecular weight excluding hydrogens is 640 g/mol. The van der Waals surface area contributed by atoms with Crippen LogP contribution in [0.2, 0.25) is 0 Å². The van der Waals surface area contributed by atoms with Gasteiger partial charge < -0.3 is 30.6 Å². The zero-order valence-electron chi connectivity index (χ0n) is 28.2. The second-order valence-electron chi connectivity index (χ2n) is 12.6. The smallest absolute Gasteiger partial charge is 0.264 e. The number of unbranched alkanes of at least 4 members (excludes halogenated alkanes) is 3. The number of rotatable bonds is 10. The second kappa shape index (κ2) is 14.7. The van der Waals surface area contributed by atoms with E-state index in [2.05, 4.69) is 0 Å². The quantitative estimate of drug-likeness (QED) is 0.0370. The first-order valence-corrected chi connectivity index (χ1v) is 17.3. The lowest BCUT2D eigenvalue weighted by Gasteiger charge is -2.23. The molecule has 0 aromatic heterocycles. The van der Waals surface area contributed by atoms with Crippen LogP contribution in [0.25, 0.3) is 32.7 Å². The Balaban J connectivity index is 0.000000542. The minimum atomic E-state index is -3.70. The summed E-state index contributed by atoms with van der Waals surface area (Å²) in [5.41, 5.74) is 1.33. The van der Waals surface area contributed by atoms with Crippen LogP contribution in [0.4, 0.5) is 0 Å². The topological polar surface area (TPSA) is 210 Å². The van der Waals surface area contributed by atoms with Crippen molar-refractivity contribution in [2.45, 2.75) is 86.0 Å². The third-order valence-corrected chi connectivity index (χ3v) is 9.29. The number of fused-ring (bicyclic) bond motifs is 2. The van der Waals surface area contributed by atoms with Crippen LogP contribution in [0.3, 0.4) is 0 Å². The van der Waals surface area contributed by atoms with Gasteiger partial charge in [0.2, 0.25) is 0 Å². The lowest BCUT2D eigenvalue weighted by atomic mass is 9.83. The van der Waals surface area contributed by atoms with Crippen molar-refractivity contribution in [3.63, 3.8) is 0 Å². The van der Waals surface area contributed by atoms with Crippen LogP contribution in [0, 0.1) is 13.8 Å². The molecule has 0 bridgehead atoms. The third kappa shape index (κ3) is 7.00. The number of phenolic OH excluding ortho intramolecular Hbond substituents is 6. The van der Waals surface area contributed by atoms with E-state index in [1.165, 1.54) is 0 Å². The summed E-state index contributed by atoms with van der Waals surface area (Å²) in [6, 6.07) is 3.31. The molecule has 7 N–H and O–H groups in total. The molecule has 0 radical (unpaired) electrons. The number of aromatic hydroxyl groups is 6. The van der Waals surface area contributed by atoms with Crippen molar-refractivity contribution in [2.24, 2.45) is 0 Å². The highest BCUT2D eigenvalue weighted by atomic mass is 32.2. The van der Waals surface area contributed by atoms with Crippen LogP contribution < -0.4 is 0 Å². The maximum Gasteiger partial charge on any atom is 0.264 e. The Labute approximate surface area is 279 Å². The maximum absolute atomic E-state index is 12.0. The first-order chi connectivity index (χ1) is 22.4. The molecule has 4 rings (SSSR count). The van der Waals surface area contributed by atoms with E-state index in [4.69, 9.17) is 4.55 Å². The van der Waals surface area contributed by atoms with Gasteiger partial charge in [-0.25, -0.2) is 0 Å². The van der Waals surface area contributed by atoms with Crippen LogP contribution >= 0.6 is 0 Å². The van der Waals surface area contributed by atoms with E-state index in [0.717, 1.165) is 19.3 Å². The van der Waals surface area contributed by atoms with Gasteiger partial charge in [0.1, 0.15) is 11.5 Å². The average molecular weight is 685 g/mol. The Morgan fingerprint density at radius 2 is 1.00 bits per heavy atom. The molecule has 4 aromatic carbocycles. The molecule has 0 heterocycles. The highest BCUT2D eigenvalue weighted by molar-refractivity contribution is 7.85. The van der Waals surface area contributed by atoms with Crippen LogP contribution in [-0.2, 0) is 10.1 Å². The maximum atomic E-state index is 12.0. The van der Waals surface area contributed by atoms with E-state index in [1.54, 1.807) is 53.7 Å². The fourth-order valence-electron chi connectivity index (χ4n) is 6.31. The number of benzene rings is 4. The molecule has 0 unspecified atom stereocenters. The van der Waals surface area contributed by atoms with Crippen LogP contribution in [0.1, 0.15) is 115 Å². The van der Waals surface area contributed by atoms with Gasteiger partial charge in [-0.05, 0) is 54.0 Å². The normalized spacial score (nSPS) is 11.7. The van der Waals surface area contributed by atoms with E-state index in [-0.39, 0.29) is 50.6 Å². The molecular formula is C36H44O11S. The molecule has 0 aliphatic heterocycles. The first kappa shape index (κ1) is 37.9. The molecule has 0 atom stereocenters. The molecule has 0 saturated heterocycles. The molecule has 0 amide bonds. The Kier molecular flexibility index (Phi) is 11.6. The summed E-state index contributed by atoms with van der Waals surface area (Å²) in [7, 11) is -3.70. The predicted molar refractivity (Wildman–Crippen MR) is 186 cm³/mol. The Bertz CT molecular complexity index is 1880. The SMILES string of the molecule is CCCCCCS(=O)(=O)O.Cc1cc2c(C(C)C)c(O)c(O)c(C=O)c2c(O)c1-c1c(C)cc2c(C(C)C)c(O)c(O)c(C=O)c2c1O. The van der Waals surface area contributed by atoms with Crippen LogP contribution in [0.15, 0.2) is 12.1 Å². The number of hydrogen-bond acceptors (Lipinski definition) is 10. The van der Waals surface area contributed by atoms with Gasteiger partial charge in [-0.1, -0.05) is 66.0 Å². The third-order valence-electron chi connectivity index (χ3n) is 8.48. The molecule has 48 heavy (non-hydrogen) atoms. The van der Waals surface area contributed by atoms with Gasteiger partial charge in [-0.15, -0.1) is 0 Å². The highest BCUT2D eigenvalue weighted by Gasteiger charge is 2.29. The van der Waals surface area contributed by atoms with Gasteiger partial charge in [0, 0.05) is 33.0 Å². The number of hydrogen-bond donors (Lipinski definition) is 7. The van der Waals surface area contributed by atoms with Crippen molar-refractivity contribution in [2.75, 3.05) is 5.75 Å². The zero-order chi connectivity index (χ0) is 36.4. The van der Waals surface area contributed by atoms with Crippen molar-refractivity contribution < 1.29 is 53.2 Å². The van der Waals surface area contributed by atoms with Crippen molar-refractivity contribution in [1.29, 1.82) is 0 Å². The predicted octanol–water partition coefficient (Wildman–Crippen LogP) is 7.84. The van der Waals surface area contributed by atoms with Crippen LogP contribution in [-0.4, -0.2) is 61.9 Å². The van der Waals surface area contributed by atoms with E-state index in [9.17, 15) is 48.6 Å². The highest BCUT2D eigenvalue weighted by Crippen LogP contribution is 2.54. The summed E-state index contributed by atoms with van der Waals surface area (Å²) in [5, 5.41) is 66.4. The minimum absolute atomic E-state index is 0.00512. The molecule has 260 valence electrons. The molecule has 0 aliphatic rings. The summed E-state index contributed by atoms with van der Waals surface area (Å²) in [6.07, 6.45) is 4.26. The Morgan fingerprint density at radius 1 is 0.625 bits per heavy atom. The van der Waals surface area contributed by atoms with Gasteiger partial charge in [0.25, 0.3) is 10.1 Å². The summed E-state index contributed by atoms with van der Waals surface area (Å²) in [4.78, 5) is 24.0. The fraction of sp³-hybridized carbons (Fsp3) is 0.389. The zero-order valence-corrected chi connectivity index (χ0v) is 29.0. The van der Waals surface area contributed by atoms with E-state index in [0.29, 0.717) is 52.0 Å².